The van der Waals surface area contributed by atoms with Gasteiger partial charge in [-0.2, -0.15) is 0 Å². The van der Waals surface area contributed by atoms with Crippen molar-refractivity contribution in [1.29, 1.82) is 0 Å². The van der Waals surface area contributed by atoms with Crippen molar-refractivity contribution < 1.29 is 8.42 Å². The van der Waals surface area contributed by atoms with Gasteiger partial charge in [0.1, 0.15) is 0 Å². The summed E-state index contributed by atoms with van der Waals surface area (Å²) in [4.78, 5) is 0. The van der Waals surface area contributed by atoms with Gasteiger partial charge in [0.25, 0.3) is 0 Å². The van der Waals surface area contributed by atoms with Gasteiger partial charge in [-0.25, -0.2) is 8.42 Å². The van der Waals surface area contributed by atoms with Crippen molar-refractivity contribution in [3.63, 3.8) is 0 Å². The highest BCUT2D eigenvalue weighted by Crippen LogP contribution is 1.81. The smallest absolute Gasteiger partial charge is 0.168 e. The fourth-order valence-electron chi connectivity index (χ4n) is 0.230. The van der Waals surface area contributed by atoms with E-state index in [1.165, 1.54) is 6.08 Å². The Morgan fingerprint density at radius 1 is 1.56 bits per heavy atom. The zero-order valence-corrected chi connectivity index (χ0v) is 6.71. The number of sulfone groups is 1. The third kappa shape index (κ3) is 11.5. The first-order valence-corrected chi connectivity index (χ1v) is 4.08. The maximum absolute atomic E-state index is 10.2. The predicted octanol–water partition coefficient (Wildman–Crippen LogP) is -0.0748. The summed E-state index contributed by atoms with van der Waals surface area (Å²) in [6.45, 7) is 0.271. The molecule has 0 aliphatic rings. The maximum Gasteiger partial charge on any atom is 0.168 e. The monoisotopic (exact) mass is 171 g/mol. The van der Waals surface area contributed by atoms with Crippen LogP contribution in [0.3, 0.4) is 0 Å². The van der Waals surface area contributed by atoms with Gasteiger partial charge >= 0.3 is 0 Å². The van der Waals surface area contributed by atoms with Crippen LogP contribution in [0.1, 0.15) is 0 Å². The van der Waals surface area contributed by atoms with Gasteiger partial charge in [-0.15, -0.1) is 12.4 Å². The van der Waals surface area contributed by atoms with E-state index < -0.39 is 9.84 Å². The minimum atomic E-state index is -2.95. The summed E-state index contributed by atoms with van der Waals surface area (Å²) < 4.78 is 20.5. The Morgan fingerprint density at radius 3 is 2.11 bits per heavy atom. The quantitative estimate of drug-likeness (QED) is 0.633. The molecule has 0 saturated carbocycles. The molecule has 0 aromatic heterocycles. The summed E-state index contributed by atoms with van der Waals surface area (Å²) in [5, 5.41) is 1.09. The van der Waals surface area contributed by atoms with Crippen LogP contribution in [-0.4, -0.2) is 21.2 Å². The molecule has 0 amide bonds. The van der Waals surface area contributed by atoms with Crippen molar-refractivity contribution in [2.45, 2.75) is 0 Å². The summed E-state index contributed by atoms with van der Waals surface area (Å²) >= 11 is 0. The summed E-state index contributed by atoms with van der Waals surface area (Å²) in [7, 11) is -2.95. The minimum absolute atomic E-state index is 0. The number of hydrogen-bond donors (Lipinski definition) is 1. The normalized spacial score (nSPS) is 11.3. The van der Waals surface area contributed by atoms with Crippen LogP contribution in [-0.2, 0) is 9.84 Å². The molecule has 0 spiro atoms. The van der Waals surface area contributed by atoms with Gasteiger partial charge in [-0.3, -0.25) is 0 Å². The fraction of sp³-hybridized carbons (Fsp3) is 0.500. The molecule has 2 N–H and O–H groups in total. The lowest BCUT2D eigenvalue weighted by Crippen LogP contribution is -1.95. The molecule has 5 heteroatoms. The van der Waals surface area contributed by atoms with E-state index in [2.05, 4.69) is 0 Å². The Kier molecular flexibility index (Phi) is 6.22. The molecule has 56 valence electrons. The molecule has 0 heterocycles. The molecule has 0 aromatic rings. The number of hydrogen-bond acceptors (Lipinski definition) is 3. The summed E-state index contributed by atoms with van der Waals surface area (Å²) in [5.74, 6) is 0. The van der Waals surface area contributed by atoms with Crippen molar-refractivity contribution in [3.8, 4) is 0 Å². The SMILES string of the molecule is CS(=O)(=O)C=CCN.Cl. The molecule has 0 bridgehead atoms. The van der Waals surface area contributed by atoms with Crippen molar-refractivity contribution in [2.24, 2.45) is 5.73 Å². The minimum Gasteiger partial charge on any atom is -0.327 e. The lowest BCUT2D eigenvalue weighted by atomic mass is 10.7. The zero-order valence-electron chi connectivity index (χ0n) is 5.07. The highest BCUT2D eigenvalue weighted by atomic mass is 35.5. The van der Waals surface area contributed by atoms with Crippen LogP contribution < -0.4 is 5.73 Å². The van der Waals surface area contributed by atoms with Gasteiger partial charge in [-0.1, -0.05) is 6.08 Å². The van der Waals surface area contributed by atoms with Gasteiger partial charge in [0, 0.05) is 18.2 Å². The second kappa shape index (κ2) is 4.78. The van der Waals surface area contributed by atoms with E-state index in [0.29, 0.717) is 0 Å². The van der Waals surface area contributed by atoms with Crippen molar-refractivity contribution in [1.82, 2.24) is 0 Å². The second-order valence-electron chi connectivity index (χ2n) is 1.44. The molecule has 0 rings (SSSR count). The predicted molar refractivity (Wildman–Crippen MR) is 40.3 cm³/mol. The average molecular weight is 172 g/mol. The Labute approximate surface area is 61.3 Å². The highest BCUT2D eigenvalue weighted by Gasteiger charge is 1.88. The standard InChI is InChI=1S/C4H9NO2S.ClH/c1-8(6,7)4-2-3-5;/h2,4H,3,5H2,1H3;1H. The van der Waals surface area contributed by atoms with Crippen LogP contribution in [0, 0.1) is 0 Å². The highest BCUT2D eigenvalue weighted by molar-refractivity contribution is 7.93. The van der Waals surface area contributed by atoms with Crippen molar-refractivity contribution in [2.75, 3.05) is 12.8 Å². The van der Waals surface area contributed by atoms with Crippen LogP contribution in [0.2, 0.25) is 0 Å². The van der Waals surface area contributed by atoms with Crippen LogP contribution in [0.15, 0.2) is 11.5 Å². The van der Waals surface area contributed by atoms with E-state index in [1.54, 1.807) is 0 Å². The van der Waals surface area contributed by atoms with Crippen molar-refractivity contribution in [3.05, 3.63) is 11.5 Å². The molecule has 0 aliphatic carbocycles. The van der Waals surface area contributed by atoms with Crippen LogP contribution in [0.4, 0.5) is 0 Å². The first kappa shape index (κ1) is 11.7. The van der Waals surface area contributed by atoms with E-state index in [9.17, 15) is 8.42 Å². The van der Waals surface area contributed by atoms with Gasteiger partial charge < -0.3 is 5.73 Å². The number of halogens is 1. The molecule has 0 radical (unpaired) electrons. The topological polar surface area (TPSA) is 60.2 Å². The van der Waals surface area contributed by atoms with Gasteiger partial charge in [-0.05, 0) is 0 Å². The lowest BCUT2D eigenvalue weighted by molar-refractivity contribution is 0.610. The van der Waals surface area contributed by atoms with E-state index in [4.69, 9.17) is 5.73 Å². The lowest BCUT2D eigenvalue weighted by Gasteiger charge is -1.80. The van der Waals surface area contributed by atoms with Gasteiger partial charge in [0.15, 0.2) is 9.84 Å². The van der Waals surface area contributed by atoms with Crippen LogP contribution in [0.25, 0.3) is 0 Å². The van der Waals surface area contributed by atoms with Crippen LogP contribution in [0.5, 0.6) is 0 Å². The first-order valence-electron chi connectivity index (χ1n) is 2.13. The zero-order chi connectivity index (χ0) is 6.62. The molecule has 0 aromatic carbocycles. The van der Waals surface area contributed by atoms with Gasteiger partial charge in [0.05, 0.1) is 0 Å². The summed E-state index contributed by atoms with van der Waals surface area (Å²) in [6.07, 6.45) is 2.52. The Bertz CT molecular complexity index is 173. The molecule has 3 nitrogen and oxygen atoms in total. The number of nitrogens with two attached hydrogens (primary N) is 1. The molecule has 0 unspecified atom stereocenters. The molecule has 0 atom stereocenters. The average Bonchev–Trinajstić information content (AvgIpc) is 1.59. The largest absolute Gasteiger partial charge is 0.327 e. The molecule has 0 aliphatic heterocycles. The molecule has 0 fully saturated rings. The third-order valence-electron chi connectivity index (χ3n) is 0.480. The maximum atomic E-state index is 10.2. The van der Waals surface area contributed by atoms with E-state index >= 15 is 0 Å². The second-order valence-corrected chi connectivity index (χ2v) is 3.37. The van der Waals surface area contributed by atoms with Crippen LogP contribution >= 0.6 is 12.4 Å². The summed E-state index contributed by atoms with van der Waals surface area (Å²) in [5.41, 5.74) is 4.98. The number of rotatable bonds is 2. The Hall–Kier alpha value is -0.0600. The van der Waals surface area contributed by atoms with E-state index in [-0.39, 0.29) is 19.0 Å². The Morgan fingerprint density at radius 2 is 2.00 bits per heavy atom. The molecular weight excluding hydrogens is 162 g/mol. The van der Waals surface area contributed by atoms with E-state index in [1.807, 2.05) is 0 Å². The third-order valence-corrected chi connectivity index (χ3v) is 1.17. The molecular formula is C4H10ClNO2S. The van der Waals surface area contributed by atoms with Crippen molar-refractivity contribution >= 4 is 22.2 Å². The molecule has 9 heavy (non-hydrogen) atoms. The van der Waals surface area contributed by atoms with Gasteiger partial charge in [0.2, 0.25) is 0 Å². The summed E-state index contributed by atoms with van der Waals surface area (Å²) in [6, 6.07) is 0. The van der Waals surface area contributed by atoms with E-state index in [0.717, 1.165) is 11.7 Å². The molecule has 0 saturated heterocycles. The first-order chi connectivity index (χ1) is 3.56. The Balaban J connectivity index is 0. The fourth-order valence-corrected chi connectivity index (χ4v) is 0.691.